The van der Waals surface area contributed by atoms with E-state index in [0.29, 0.717) is 22.8 Å². The molecule has 0 aliphatic heterocycles. The monoisotopic (exact) mass is 286 g/mol. The van der Waals surface area contributed by atoms with Crippen LogP contribution < -0.4 is 5.32 Å². The molecule has 0 spiro atoms. The Morgan fingerprint density at radius 2 is 2.10 bits per heavy atom. The number of rotatable bonds is 4. The normalized spacial score (nSPS) is 10.8. The fourth-order valence-corrected chi connectivity index (χ4v) is 1.82. The third kappa shape index (κ3) is 3.79. The minimum absolute atomic E-state index is 0.166. The van der Waals surface area contributed by atoms with Gasteiger partial charge in [-0.1, -0.05) is 12.1 Å². The number of aliphatic carboxylic acids is 1. The standard InChI is InChI=1S/C15H14N2O4/c1-9-14(21-10(2)16-9)15(20)17-12-5-3-4-11(8-12)6-7-13(18)19/h3-8H,1-2H3,(H,17,20)(H,18,19)/b7-6+. The Labute approximate surface area is 121 Å². The molecular formula is C15H14N2O4. The number of hydrogen-bond acceptors (Lipinski definition) is 4. The molecule has 6 heteroatoms. The van der Waals surface area contributed by atoms with E-state index in [1.807, 2.05) is 0 Å². The first-order valence-corrected chi connectivity index (χ1v) is 6.22. The minimum atomic E-state index is -1.03. The fraction of sp³-hybridized carbons (Fsp3) is 0.133. The van der Waals surface area contributed by atoms with Gasteiger partial charge < -0.3 is 14.8 Å². The number of carbonyl (C=O) groups is 2. The van der Waals surface area contributed by atoms with Gasteiger partial charge in [0, 0.05) is 18.7 Å². The number of benzene rings is 1. The van der Waals surface area contributed by atoms with E-state index >= 15 is 0 Å². The van der Waals surface area contributed by atoms with Crippen LogP contribution in [-0.4, -0.2) is 22.0 Å². The molecule has 0 aliphatic rings. The third-order valence-electron chi connectivity index (χ3n) is 2.67. The summed E-state index contributed by atoms with van der Waals surface area (Å²) in [4.78, 5) is 26.6. The van der Waals surface area contributed by atoms with Gasteiger partial charge in [-0.2, -0.15) is 0 Å². The number of amides is 1. The fourth-order valence-electron chi connectivity index (χ4n) is 1.82. The van der Waals surface area contributed by atoms with Crippen LogP contribution in [0.5, 0.6) is 0 Å². The number of oxazole rings is 1. The predicted octanol–water partition coefficient (Wildman–Crippen LogP) is 2.64. The lowest BCUT2D eigenvalue weighted by atomic mass is 10.2. The topological polar surface area (TPSA) is 92.4 Å². The summed E-state index contributed by atoms with van der Waals surface area (Å²) >= 11 is 0. The summed E-state index contributed by atoms with van der Waals surface area (Å²) in [5.41, 5.74) is 1.73. The SMILES string of the molecule is Cc1nc(C)c(C(=O)Nc2cccc(/C=C/C(=O)O)c2)o1. The molecule has 0 unspecified atom stereocenters. The Hall–Kier alpha value is -2.89. The molecule has 2 aromatic rings. The van der Waals surface area contributed by atoms with Crippen LogP contribution in [0, 0.1) is 13.8 Å². The molecule has 0 bridgehead atoms. The summed E-state index contributed by atoms with van der Waals surface area (Å²) in [6.07, 6.45) is 2.48. The van der Waals surface area contributed by atoms with Crippen molar-refractivity contribution in [3.8, 4) is 0 Å². The van der Waals surface area contributed by atoms with Crippen molar-refractivity contribution in [3.63, 3.8) is 0 Å². The van der Waals surface area contributed by atoms with Gasteiger partial charge in [0.1, 0.15) is 0 Å². The molecule has 0 radical (unpaired) electrons. The molecule has 0 fully saturated rings. The van der Waals surface area contributed by atoms with E-state index in [0.717, 1.165) is 6.08 Å². The Morgan fingerprint density at radius 3 is 2.71 bits per heavy atom. The zero-order valence-electron chi connectivity index (χ0n) is 11.6. The summed E-state index contributed by atoms with van der Waals surface area (Å²) in [6, 6.07) is 6.82. The highest BCUT2D eigenvalue weighted by Crippen LogP contribution is 2.15. The van der Waals surface area contributed by atoms with Crippen LogP contribution in [0.3, 0.4) is 0 Å². The highest BCUT2D eigenvalue weighted by Gasteiger charge is 2.15. The maximum absolute atomic E-state index is 12.1. The molecular weight excluding hydrogens is 272 g/mol. The molecule has 1 amide bonds. The van der Waals surface area contributed by atoms with E-state index in [4.69, 9.17) is 9.52 Å². The van der Waals surface area contributed by atoms with Crippen LogP contribution in [0.25, 0.3) is 6.08 Å². The van der Waals surface area contributed by atoms with Crippen molar-refractivity contribution < 1.29 is 19.1 Å². The van der Waals surface area contributed by atoms with Crippen LogP contribution in [-0.2, 0) is 4.79 Å². The van der Waals surface area contributed by atoms with Crippen LogP contribution >= 0.6 is 0 Å². The lowest BCUT2D eigenvalue weighted by Gasteiger charge is -2.04. The first-order valence-electron chi connectivity index (χ1n) is 6.22. The number of carboxylic acid groups (broad SMARTS) is 1. The summed E-state index contributed by atoms with van der Waals surface area (Å²) in [5, 5.41) is 11.3. The molecule has 1 aromatic carbocycles. The smallest absolute Gasteiger partial charge is 0.328 e. The van der Waals surface area contributed by atoms with Crippen LogP contribution in [0.4, 0.5) is 5.69 Å². The molecule has 2 rings (SSSR count). The summed E-state index contributed by atoms with van der Waals surface area (Å²) in [5.74, 6) is -0.834. The van der Waals surface area contributed by atoms with E-state index in [2.05, 4.69) is 10.3 Å². The third-order valence-corrected chi connectivity index (χ3v) is 2.67. The van der Waals surface area contributed by atoms with Gasteiger partial charge >= 0.3 is 5.97 Å². The number of anilines is 1. The first kappa shape index (κ1) is 14.5. The van der Waals surface area contributed by atoms with Gasteiger partial charge in [0.05, 0.1) is 5.69 Å². The van der Waals surface area contributed by atoms with Crippen molar-refractivity contribution in [2.24, 2.45) is 0 Å². The molecule has 108 valence electrons. The van der Waals surface area contributed by atoms with E-state index < -0.39 is 11.9 Å². The molecule has 0 saturated heterocycles. The largest absolute Gasteiger partial charge is 0.478 e. The van der Waals surface area contributed by atoms with Crippen molar-refractivity contribution in [2.75, 3.05) is 5.32 Å². The minimum Gasteiger partial charge on any atom is -0.478 e. The van der Waals surface area contributed by atoms with Crippen molar-refractivity contribution >= 4 is 23.6 Å². The molecule has 0 saturated carbocycles. The quantitative estimate of drug-likeness (QED) is 0.843. The Kier molecular flexibility index (Phi) is 4.18. The average molecular weight is 286 g/mol. The zero-order valence-corrected chi connectivity index (χ0v) is 11.6. The van der Waals surface area contributed by atoms with Crippen LogP contribution in [0.15, 0.2) is 34.8 Å². The van der Waals surface area contributed by atoms with Gasteiger partial charge in [-0.05, 0) is 30.7 Å². The maximum atomic E-state index is 12.1. The molecule has 0 aliphatic carbocycles. The average Bonchev–Trinajstić information content (AvgIpc) is 2.76. The Morgan fingerprint density at radius 1 is 1.33 bits per heavy atom. The second-order valence-electron chi connectivity index (χ2n) is 4.40. The van der Waals surface area contributed by atoms with Gasteiger partial charge in [0.2, 0.25) is 5.76 Å². The number of aromatic nitrogens is 1. The van der Waals surface area contributed by atoms with Crippen molar-refractivity contribution in [1.82, 2.24) is 4.98 Å². The van der Waals surface area contributed by atoms with Gasteiger partial charge in [-0.25, -0.2) is 9.78 Å². The second kappa shape index (κ2) is 6.04. The van der Waals surface area contributed by atoms with Gasteiger partial charge in [-0.15, -0.1) is 0 Å². The molecule has 1 aromatic heterocycles. The van der Waals surface area contributed by atoms with E-state index in [1.165, 1.54) is 6.08 Å². The van der Waals surface area contributed by atoms with Crippen molar-refractivity contribution in [3.05, 3.63) is 53.2 Å². The summed E-state index contributed by atoms with van der Waals surface area (Å²) in [6.45, 7) is 3.36. The van der Waals surface area contributed by atoms with E-state index in [1.54, 1.807) is 38.1 Å². The van der Waals surface area contributed by atoms with Crippen molar-refractivity contribution in [2.45, 2.75) is 13.8 Å². The molecule has 2 N–H and O–H groups in total. The molecule has 21 heavy (non-hydrogen) atoms. The lowest BCUT2D eigenvalue weighted by Crippen LogP contribution is -2.12. The van der Waals surface area contributed by atoms with Gasteiger partial charge in [-0.3, -0.25) is 4.79 Å². The number of carboxylic acids is 1. The van der Waals surface area contributed by atoms with Crippen LogP contribution in [0.2, 0.25) is 0 Å². The number of nitrogens with one attached hydrogen (secondary N) is 1. The molecule has 1 heterocycles. The lowest BCUT2D eigenvalue weighted by molar-refractivity contribution is -0.131. The highest BCUT2D eigenvalue weighted by atomic mass is 16.4. The van der Waals surface area contributed by atoms with Crippen LogP contribution in [0.1, 0.15) is 27.7 Å². The number of aryl methyl sites for hydroxylation is 2. The van der Waals surface area contributed by atoms with Gasteiger partial charge in [0.15, 0.2) is 5.89 Å². The number of hydrogen-bond donors (Lipinski definition) is 2. The number of nitrogens with zero attached hydrogens (tertiary/aromatic N) is 1. The van der Waals surface area contributed by atoms with Gasteiger partial charge in [0.25, 0.3) is 5.91 Å². The second-order valence-corrected chi connectivity index (χ2v) is 4.40. The predicted molar refractivity (Wildman–Crippen MR) is 77.0 cm³/mol. The molecule has 0 atom stereocenters. The maximum Gasteiger partial charge on any atom is 0.328 e. The Bertz CT molecular complexity index is 716. The van der Waals surface area contributed by atoms with E-state index in [-0.39, 0.29) is 5.76 Å². The molecule has 6 nitrogen and oxygen atoms in total. The Balaban J connectivity index is 2.16. The summed E-state index contributed by atoms with van der Waals surface area (Å²) < 4.78 is 5.24. The highest BCUT2D eigenvalue weighted by molar-refractivity contribution is 6.03. The zero-order chi connectivity index (χ0) is 15.4. The number of carbonyl (C=O) groups excluding carboxylic acids is 1. The summed E-state index contributed by atoms with van der Waals surface area (Å²) in [7, 11) is 0. The van der Waals surface area contributed by atoms with E-state index in [9.17, 15) is 9.59 Å². The first-order chi connectivity index (χ1) is 9.95. The van der Waals surface area contributed by atoms with Crippen molar-refractivity contribution in [1.29, 1.82) is 0 Å².